The van der Waals surface area contributed by atoms with Gasteiger partial charge in [-0.15, -0.1) is 0 Å². The molecule has 2 fully saturated rings. The van der Waals surface area contributed by atoms with Crippen LogP contribution >= 0.6 is 0 Å². The van der Waals surface area contributed by atoms with Gasteiger partial charge in [-0.3, -0.25) is 9.80 Å². The van der Waals surface area contributed by atoms with Crippen LogP contribution < -0.4 is 4.90 Å². The van der Waals surface area contributed by atoms with Crippen molar-refractivity contribution in [1.29, 1.82) is 0 Å². The van der Waals surface area contributed by atoms with E-state index in [-0.39, 0.29) is 0 Å². The number of hydrogen-bond donors (Lipinski definition) is 0. The van der Waals surface area contributed by atoms with Crippen LogP contribution in [-0.4, -0.2) is 87.8 Å². The van der Waals surface area contributed by atoms with Crippen LogP contribution in [0.5, 0.6) is 0 Å². The molecule has 2 aliphatic heterocycles. The molecule has 0 spiro atoms. The number of ether oxygens (including phenoxy) is 1. The van der Waals surface area contributed by atoms with Gasteiger partial charge in [-0.05, 0) is 13.8 Å². The van der Waals surface area contributed by atoms with E-state index in [1.807, 2.05) is 4.52 Å². The first-order valence-corrected chi connectivity index (χ1v) is 9.07. The molecule has 25 heavy (non-hydrogen) atoms. The summed E-state index contributed by atoms with van der Waals surface area (Å²) in [5.41, 5.74) is 0.895. The Morgan fingerprint density at radius 3 is 2.64 bits per heavy atom. The van der Waals surface area contributed by atoms with Gasteiger partial charge >= 0.3 is 0 Å². The van der Waals surface area contributed by atoms with Crippen LogP contribution in [0.1, 0.15) is 19.5 Å². The number of anilines is 1. The van der Waals surface area contributed by atoms with Gasteiger partial charge in [0.05, 0.1) is 12.3 Å². The molecule has 136 valence electrons. The SMILES string of the molecule is COCc1cc(N2CC(N3CCN(C(C)C)CC3)C2)n2ncnc2n1. The minimum atomic E-state index is 0.491. The Balaban J connectivity index is 1.42. The van der Waals surface area contributed by atoms with Crippen LogP contribution in [0, 0.1) is 0 Å². The lowest BCUT2D eigenvalue weighted by Crippen LogP contribution is -2.64. The lowest BCUT2D eigenvalue weighted by molar-refractivity contribution is 0.0675. The Kier molecular flexibility index (Phi) is 4.58. The van der Waals surface area contributed by atoms with Gasteiger partial charge in [0.25, 0.3) is 5.78 Å². The molecule has 0 bridgehead atoms. The van der Waals surface area contributed by atoms with Crippen molar-refractivity contribution in [2.75, 3.05) is 51.3 Å². The summed E-state index contributed by atoms with van der Waals surface area (Å²) >= 11 is 0. The molecule has 0 radical (unpaired) electrons. The summed E-state index contributed by atoms with van der Waals surface area (Å²) < 4.78 is 7.06. The molecule has 0 amide bonds. The quantitative estimate of drug-likeness (QED) is 0.781. The summed E-state index contributed by atoms with van der Waals surface area (Å²) in [6, 6.07) is 3.35. The summed E-state index contributed by atoms with van der Waals surface area (Å²) in [6.07, 6.45) is 1.56. The van der Waals surface area contributed by atoms with E-state index < -0.39 is 0 Å². The molecule has 0 saturated carbocycles. The summed E-state index contributed by atoms with van der Waals surface area (Å²) in [6.45, 7) is 11.8. The number of rotatable bonds is 5. The van der Waals surface area contributed by atoms with E-state index in [4.69, 9.17) is 4.74 Å². The smallest absolute Gasteiger partial charge is 0.254 e. The van der Waals surface area contributed by atoms with Gasteiger partial charge in [-0.1, -0.05) is 0 Å². The molecule has 2 aromatic heterocycles. The third-order valence-corrected chi connectivity index (χ3v) is 5.36. The molecule has 2 saturated heterocycles. The van der Waals surface area contributed by atoms with E-state index in [1.54, 1.807) is 13.4 Å². The van der Waals surface area contributed by atoms with Gasteiger partial charge in [0, 0.05) is 64.5 Å². The molecule has 0 aliphatic carbocycles. The highest BCUT2D eigenvalue weighted by atomic mass is 16.5. The number of aromatic nitrogens is 4. The van der Waals surface area contributed by atoms with Crippen LogP contribution in [-0.2, 0) is 11.3 Å². The maximum atomic E-state index is 5.23. The van der Waals surface area contributed by atoms with E-state index in [9.17, 15) is 0 Å². The average molecular weight is 345 g/mol. The third-order valence-electron chi connectivity index (χ3n) is 5.36. The van der Waals surface area contributed by atoms with E-state index >= 15 is 0 Å². The topological polar surface area (TPSA) is 62.0 Å². The van der Waals surface area contributed by atoms with Crippen molar-refractivity contribution in [3.63, 3.8) is 0 Å². The zero-order chi connectivity index (χ0) is 17.4. The molecular weight excluding hydrogens is 318 g/mol. The molecule has 8 nitrogen and oxygen atoms in total. The van der Waals surface area contributed by atoms with Gasteiger partial charge in [-0.2, -0.15) is 14.6 Å². The van der Waals surface area contributed by atoms with Crippen molar-refractivity contribution in [3.05, 3.63) is 18.1 Å². The Morgan fingerprint density at radius 1 is 1.20 bits per heavy atom. The number of piperazine rings is 1. The van der Waals surface area contributed by atoms with Crippen LogP contribution in [0.3, 0.4) is 0 Å². The van der Waals surface area contributed by atoms with Crippen molar-refractivity contribution in [1.82, 2.24) is 29.4 Å². The first-order valence-electron chi connectivity index (χ1n) is 9.07. The molecular formula is C17H27N7O. The molecule has 0 aromatic carbocycles. The third kappa shape index (κ3) is 3.21. The van der Waals surface area contributed by atoms with Gasteiger partial charge in [-0.25, -0.2) is 4.98 Å². The van der Waals surface area contributed by atoms with Gasteiger partial charge < -0.3 is 9.64 Å². The van der Waals surface area contributed by atoms with Gasteiger partial charge in [0.15, 0.2) is 0 Å². The number of nitrogens with zero attached hydrogens (tertiary/aromatic N) is 7. The second-order valence-electron chi connectivity index (χ2n) is 7.24. The number of hydrogen-bond acceptors (Lipinski definition) is 7. The van der Waals surface area contributed by atoms with Crippen molar-refractivity contribution < 1.29 is 4.74 Å². The van der Waals surface area contributed by atoms with Gasteiger partial charge in [0.2, 0.25) is 0 Å². The van der Waals surface area contributed by atoms with E-state index in [2.05, 4.69) is 49.7 Å². The van der Waals surface area contributed by atoms with Crippen molar-refractivity contribution >= 4 is 11.6 Å². The zero-order valence-electron chi connectivity index (χ0n) is 15.3. The number of methoxy groups -OCH3 is 1. The summed E-state index contributed by atoms with van der Waals surface area (Å²) in [5.74, 6) is 1.70. The predicted octanol–water partition coefficient (Wildman–Crippen LogP) is 0.485. The summed E-state index contributed by atoms with van der Waals surface area (Å²) in [5, 5.41) is 4.33. The minimum Gasteiger partial charge on any atom is -0.378 e. The van der Waals surface area contributed by atoms with Crippen LogP contribution in [0.2, 0.25) is 0 Å². The lowest BCUT2D eigenvalue weighted by atomic mass is 10.1. The molecule has 2 aromatic rings. The first kappa shape index (κ1) is 16.7. The molecule has 4 heterocycles. The Bertz CT molecular complexity index is 717. The van der Waals surface area contributed by atoms with Crippen LogP contribution in [0.4, 0.5) is 5.82 Å². The Hall–Kier alpha value is -1.77. The maximum Gasteiger partial charge on any atom is 0.254 e. The van der Waals surface area contributed by atoms with Crippen molar-refractivity contribution in [2.24, 2.45) is 0 Å². The largest absolute Gasteiger partial charge is 0.378 e. The van der Waals surface area contributed by atoms with Crippen molar-refractivity contribution in [3.8, 4) is 0 Å². The fourth-order valence-electron chi connectivity index (χ4n) is 3.78. The standard InChI is InChI=1S/C17H27N7O/c1-13(2)21-4-6-22(7-5-21)15-9-23(10-15)16-8-14(11-25-3)20-17-18-12-19-24(16)17/h8,12-13,15H,4-7,9-11H2,1-3H3. The fraction of sp³-hybridized carbons (Fsp3) is 0.706. The number of fused-ring (bicyclic) bond motifs is 1. The molecule has 4 rings (SSSR count). The summed E-state index contributed by atoms with van der Waals surface area (Å²) in [4.78, 5) is 16.3. The zero-order valence-corrected chi connectivity index (χ0v) is 15.3. The van der Waals surface area contributed by atoms with E-state index in [1.165, 1.54) is 26.2 Å². The highest BCUT2D eigenvalue weighted by molar-refractivity contribution is 5.49. The maximum absolute atomic E-state index is 5.23. The van der Waals surface area contributed by atoms with Crippen molar-refractivity contribution in [2.45, 2.75) is 32.5 Å². The van der Waals surface area contributed by atoms with Crippen LogP contribution in [0.25, 0.3) is 5.78 Å². The highest BCUT2D eigenvalue weighted by Gasteiger charge is 2.35. The molecule has 8 heteroatoms. The average Bonchev–Trinajstić information content (AvgIpc) is 3.03. The Labute approximate surface area is 148 Å². The van der Waals surface area contributed by atoms with E-state index in [0.29, 0.717) is 24.5 Å². The van der Waals surface area contributed by atoms with Gasteiger partial charge in [0.1, 0.15) is 12.1 Å². The molecule has 2 aliphatic rings. The molecule has 0 N–H and O–H groups in total. The monoisotopic (exact) mass is 345 g/mol. The second kappa shape index (κ2) is 6.86. The van der Waals surface area contributed by atoms with E-state index in [0.717, 1.165) is 24.6 Å². The minimum absolute atomic E-state index is 0.491. The normalized spacial score (nSPS) is 20.6. The first-order chi connectivity index (χ1) is 12.2. The highest BCUT2D eigenvalue weighted by Crippen LogP contribution is 2.25. The molecule has 0 atom stereocenters. The second-order valence-corrected chi connectivity index (χ2v) is 7.24. The lowest BCUT2D eigenvalue weighted by Gasteiger charge is -2.49. The predicted molar refractivity (Wildman–Crippen MR) is 95.8 cm³/mol. The summed E-state index contributed by atoms with van der Waals surface area (Å²) in [7, 11) is 1.69. The fourth-order valence-corrected chi connectivity index (χ4v) is 3.78. The Morgan fingerprint density at radius 2 is 1.96 bits per heavy atom. The van der Waals surface area contributed by atoms with Crippen LogP contribution in [0.15, 0.2) is 12.4 Å². The molecule has 0 unspecified atom stereocenters.